The van der Waals surface area contributed by atoms with Crippen LogP contribution in [0.1, 0.15) is 5.56 Å². The third kappa shape index (κ3) is 1.98. The van der Waals surface area contributed by atoms with Gasteiger partial charge in [-0.15, -0.1) is 0 Å². The minimum Gasteiger partial charge on any atom is -0.436 e. The number of fused-ring (bicyclic) bond motifs is 1. The van der Waals surface area contributed by atoms with Crippen LogP contribution < -0.4 is 0 Å². The third-order valence-electron chi connectivity index (χ3n) is 2.61. The quantitative estimate of drug-likeness (QED) is 0.655. The van der Waals surface area contributed by atoms with Crippen LogP contribution in [0.25, 0.3) is 22.6 Å². The highest BCUT2D eigenvalue weighted by atomic mass is 79.9. The fourth-order valence-electron chi connectivity index (χ4n) is 1.78. The van der Waals surface area contributed by atoms with Crippen LogP contribution in [0.3, 0.4) is 0 Å². The summed E-state index contributed by atoms with van der Waals surface area (Å²) >= 11 is 3.45. The van der Waals surface area contributed by atoms with Crippen LogP contribution in [0, 0.1) is 6.92 Å². The zero-order chi connectivity index (χ0) is 11.8. The van der Waals surface area contributed by atoms with E-state index in [1.807, 2.05) is 49.4 Å². The second-order valence-corrected chi connectivity index (χ2v) is 4.92. The zero-order valence-electron chi connectivity index (χ0n) is 9.27. The van der Waals surface area contributed by atoms with Gasteiger partial charge in [0.1, 0.15) is 5.52 Å². The van der Waals surface area contributed by atoms with E-state index in [1.54, 1.807) is 0 Å². The molecule has 0 saturated heterocycles. The molecule has 3 aromatic rings. The summed E-state index contributed by atoms with van der Waals surface area (Å²) in [4.78, 5) is 4.50. The van der Waals surface area contributed by atoms with Gasteiger partial charge in [0.15, 0.2) is 5.58 Å². The van der Waals surface area contributed by atoms with Crippen molar-refractivity contribution in [1.29, 1.82) is 0 Å². The molecule has 17 heavy (non-hydrogen) atoms. The number of benzene rings is 2. The lowest BCUT2D eigenvalue weighted by Gasteiger charge is -1.94. The van der Waals surface area contributed by atoms with E-state index in [2.05, 4.69) is 20.9 Å². The van der Waals surface area contributed by atoms with Gasteiger partial charge in [-0.25, -0.2) is 4.98 Å². The minimum atomic E-state index is 0.659. The van der Waals surface area contributed by atoms with Crippen LogP contribution in [-0.2, 0) is 0 Å². The van der Waals surface area contributed by atoms with E-state index in [4.69, 9.17) is 4.42 Å². The summed E-state index contributed by atoms with van der Waals surface area (Å²) in [5, 5.41) is 0. The summed E-state index contributed by atoms with van der Waals surface area (Å²) in [6, 6.07) is 14.0. The van der Waals surface area contributed by atoms with Crippen molar-refractivity contribution in [3.63, 3.8) is 0 Å². The molecule has 0 spiro atoms. The number of hydrogen-bond donors (Lipinski definition) is 0. The number of rotatable bonds is 1. The van der Waals surface area contributed by atoms with Gasteiger partial charge in [-0.3, -0.25) is 0 Å². The lowest BCUT2D eigenvalue weighted by Crippen LogP contribution is -1.76. The minimum absolute atomic E-state index is 0.659. The summed E-state index contributed by atoms with van der Waals surface area (Å²) in [7, 11) is 0. The van der Waals surface area contributed by atoms with Crippen LogP contribution in [0.5, 0.6) is 0 Å². The van der Waals surface area contributed by atoms with Crippen LogP contribution in [0.4, 0.5) is 0 Å². The van der Waals surface area contributed by atoms with Gasteiger partial charge < -0.3 is 4.42 Å². The number of aromatic nitrogens is 1. The molecule has 0 unspecified atom stereocenters. The monoisotopic (exact) mass is 287 g/mol. The number of nitrogens with zero attached hydrogens (tertiary/aromatic N) is 1. The first kappa shape index (κ1) is 10.5. The molecule has 2 aromatic carbocycles. The van der Waals surface area contributed by atoms with Gasteiger partial charge >= 0.3 is 0 Å². The number of oxazole rings is 1. The summed E-state index contributed by atoms with van der Waals surface area (Å²) in [6.45, 7) is 2.05. The second kappa shape index (κ2) is 4.00. The zero-order valence-corrected chi connectivity index (χ0v) is 10.9. The Balaban J connectivity index is 2.18. The Labute approximate surface area is 107 Å². The van der Waals surface area contributed by atoms with Crippen molar-refractivity contribution in [3.05, 3.63) is 52.5 Å². The SMILES string of the molecule is Cc1ccc2oc(-c3cccc(Br)c3)nc2c1. The predicted molar refractivity (Wildman–Crippen MR) is 71.9 cm³/mol. The number of halogens is 1. The molecule has 0 amide bonds. The molecule has 3 heteroatoms. The Kier molecular flexibility index (Phi) is 2.48. The molecule has 0 aliphatic heterocycles. The maximum Gasteiger partial charge on any atom is 0.227 e. The van der Waals surface area contributed by atoms with Gasteiger partial charge in [0.2, 0.25) is 5.89 Å². The summed E-state index contributed by atoms with van der Waals surface area (Å²) in [5.41, 5.74) is 3.89. The molecule has 0 aliphatic carbocycles. The van der Waals surface area contributed by atoms with E-state index in [0.717, 1.165) is 21.1 Å². The summed E-state index contributed by atoms with van der Waals surface area (Å²) < 4.78 is 6.75. The molecular weight excluding hydrogens is 278 g/mol. The predicted octanol–water partition coefficient (Wildman–Crippen LogP) is 4.57. The first-order chi connectivity index (χ1) is 8.22. The topological polar surface area (TPSA) is 26.0 Å². The van der Waals surface area contributed by atoms with Gasteiger partial charge in [0.25, 0.3) is 0 Å². The van der Waals surface area contributed by atoms with Crippen molar-refractivity contribution in [2.24, 2.45) is 0 Å². The van der Waals surface area contributed by atoms with Gasteiger partial charge in [0.05, 0.1) is 0 Å². The van der Waals surface area contributed by atoms with Crippen LogP contribution in [-0.4, -0.2) is 4.98 Å². The average Bonchev–Trinajstić information content (AvgIpc) is 2.72. The number of aryl methyl sites for hydroxylation is 1. The van der Waals surface area contributed by atoms with Crippen molar-refractivity contribution in [3.8, 4) is 11.5 Å². The number of hydrogen-bond acceptors (Lipinski definition) is 2. The molecule has 1 aromatic heterocycles. The first-order valence-corrected chi connectivity index (χ1v) is 6.15. The Morgan fingerprint density at radius 1 is 1.12 bits per heavy atom. The molecule has 2 nitrogen and oxygen atoms in total. The van der Waals surface area contributed by atoms with E-state index in [9.17, 15) is 0 Å². The highest BCUT2D eigenvalue weighted by Gasteiger charge is 2.08. The molecule has 3 rings (SSSR count). The van der Waals surface area contributed by atoms with Crippen molar-refractivity contribution < 1.29 is 4.42 Å². The van der Waals surface area contributed by atoms with E-state index in [0.29, 0.717) is 5.89 Å². The summed E-state index contributed by atoms with van der Waals surface area (Å²) in [6.07, 6.45) is 0. The average molecular weight is 288 g/mol. The molecule has 0 atom stereocenters. The Morgan fingerprint density at radius 3 is 2.82 bits per heavy atom. The Hall–Kier alpha value is -1.61. The fraction of sp³-hybridized carbons (Fsp3) is 0.0714. The van der Waals surface area contributed by atoms with E-state index in [-0.39, 0.29) is 0 Å². The van der Waals surface area contributed by atoms with Gasteiger partial charge in [-0.05, 0) is 42.8 Å². The molecule has 0 radical (unpaired) electrons. The van der Waals surface area contributed by atoms with Crippen molar-refractivity contribution in [2.75, 3.05) is 0 Å². The first-order valence-electron chi connectivity index (χ1n) is 5.35. The van der Waals surface area contributed by atoms with Gasteiger partial charge in [-0.2, -0.15) is 0 Å². The Bertz CT molecular complexity index is 688. The van der Waals surface area contributed by atoms with Crippen LogP contribution in [0.15, 0.2) is 51.4 Å². The molecular formula is C14H10BrNO. The maximum absolute atomic E-state index is 5.73. The summed E-state index contributed by atoms with van der Waals surface area (Å²) in [5.74, 6) is 0.659. The third-order valence-corrected chi connectivity index (χ3v) is 3.11. The van der Waals surface area contributed by atoms with Crippen LogP contribution >= 0.6 is 15.9 Å². The normalized spacial score (nSPS) is 10.9. The van der Waals surface area contributed by atoms with E-state index in [1.165, 1.54) is 5.56 Å². The molecule has 84 valence electrons. The van der Waals surface area contributed by atoms with Crippen molar-refractivity contribution in [1.82, 2.24) is 4.98 Å². The smallest absolute Gasteiger partial charge is 0.227 e. The van der Waals surface area contributed by atoms with E-state index < -0.39 is 0 Å². The molecule has 0 saturated carbocycles. The molecule has 1 heterocycles. The lowest BCUT2D eigenvalue weighted by atomic mass is 10.2. The van der Waals surface area contributed by atoms with Crippen molar-refractivity contribution >= 4 is 27.0 Å². The Morgan fingerprint density at radius 2 is 2.00 bits per heavy atom. The van der Waals surface area contributed by atoms with Gasteiger partial charge in [0, 0.05) is 10.0 Å². The van der Waals surface area contributed by atoms with E-state index >= 15 is 0 Å². The van der Waals surface area contributed by atoms with Gasteiger partial charge in [-0.1, -0.05) is 28.1 Å². The molecule has 0 aliphatic rings. The lowest BCUT2D eigenvalue weighted by molar-refractivity contribution is 0.620. The molecule has 0 fully saturated rings. The molecule has 0 N–H and O–H groups in total. The van der Waals surface area contributed by atoms with Crippen molar-refractivity contribution in [2.45, 2.75) is 6.92 Å². The largest absolute Gasteiger partial charge is 0.436 e. The second-order valence-electron chi connectivity index (χ2n) is 4.00. The maximum atomic E-state index is 5.73. The standard InChI is InChI=1S/C14H10BrNO/c1-9-5-6-13-12(7-9)16-14(17-13)10-3-2-4-11(15)8-10/h2-8H,1H3. The molecule has 0 bridgehead atoms. The highest BCUT2D eigenvalue weighted by Crippen LogP contribution is 2.26. The highest BCUT2D eigenvalue weighted by molar-refractivity contribution is 9.10. The van der Waals surface area contributed by atoms with Crippen LogP contribution in [0.2, 0.25) is 0 Å². The fourth-order valence-corrected chi connectivity index (χ4v) is 2.18.